The zero-order valence-corrected chi connectivity index (χ0v) is 7.91. The third-order valence-electron chi connectivity index (χ3n) is 2.47. The third-order valence-corrected chi connectivity index (χ3v) is 2.47. The van der Waals surface area contributed by atoms with Gasteiger partial charge in [0.15, 0.2) is 0 Å². The lowest BCUT2D eigenvalue weighted by Gasteiger charge is -1.98. The van der Waals surface area contributed by atoms with Crippen molar-refractivity contribution in [1.82, 2.24) is 4.57 Å². The molecule has 13 heavy (non-hydrogen) atoms. The van der Waals surface area contributed by atoms with Gasteiger partial charge in [0.25, 0.3) is 0 Å². The first-order chi connectivity index (χ1) is 6.24. The van der Waals surface area contributed by atoms with E-state index in [4.69, 9.17) is 5.11 Å². The molecule has 0 bridgehead atoms. The van der Waals surface area contributed by atoms with E-state index in [9.17, 15) is 0 Å². The summed E-state index contributed by atoms with van der Waals surface area (Å²) in [5, 5.41) is 10.3. The van der Waals surface area contributed by atoms with Crippen LogP contribution in [0.1, 0.15) is 11.1 Å². The summed E-state index contributed by atoms with van der Waals surface area (Å²) in [6.45, 7) is 2.18. The van der Waals surface area contributed by atoms with Gasteiger partial charge in [0, 0.05) is 29.7 Å². The summed E-state index contributed by atoms with van der Waals surface area (Å²) in [6, 6.07) is 6.18. The number of aryl methyl sites for hydroxylation is 2. The van der Waals surface area contributed by atoms with Gasteiger partial charge >= 0.3 is 0 Å². The molecule has 1 N–H and O–H groups in total. The number of fused-ring (bicyclic) bond motifs is 1. The molecule has 0 unspecified atom stereocenters. The highest BCUT2D eigenvalue weighted by molar-refractivity contribution is 5.86. The van der Waals surface area contributed by atoms with E-state index in [1.54, 1.807) is 0 Å². The zero-order valence-electron chi connectivity index (χ0n) is 7.91. The van der Waals surface area contributed by atoms with E-state index in [-0.39, 0.29) is 6.61 Å². The Bertz CT molecular complexity index is 443. The van der Waals surface area contributed by atoms with Crippen LogP contribution in [-0.4, -0.2) is 9.67 Å². The monoisotopic (exact) mass is 175 g/mol. The lowest BCUT2D eigenvalue weighted by Crippen LogP contribution is -1.83. The van der Waals surface area contributed by atoms with Crippen molar-refractivity contribution >= 4 is 10.9 Å². The highest BCUT2D eigenvalue weighted by atomic mass is 16.3. The quantitative estimate of drug-likeness (QED) is 0.704. The molecule has 0 saturated carbocycles. The highest BCUT2D eigenvalue weighted by Gasteiger charge is 2.06. The zero-order chi connectivity index (χ0) is 9.42. The highest BCUT2D eigenvalue weighted by Crippen LogP contribution is 2.23. The van der Waals surface area contributed by atoms with Gasteiger partial charge < -0.3 is 9.67 Å². The Morgan fingerprint density at radius 1 is 1.38 bits per heavy atom. The molecule has 0 aliphatic rings. The van der Waals surface area contributed by atoms with Crippen LogP contribution in [0.5, 0.6) is 0 Å². The first kappa shape index (κ1) is 8.32. The molecule has 1 aromatic carbocycles. The van der Waals surface area contributed by atoms with Crippen molar-refractivity contribution in [3.05, 3.63) is 35.5 Å². The summed E-state index contributed by atoms with van der Waals surface area (Å²) in [5.74, 6) is 0. The number of aromatic nitrogens is 1. The van der Waals surface area contributed by atoms with E-state index >= 15 is 0 Å². The van der Waals surface area contributed by atoms with Crippen molar-refractivity contribution < 1.29 is 5.11 Å². The number of nitrogens with zero attached hydrogens (tertiary/aromatic N) is 1. The van der Waals surface area contributed by atoms with Gasteiger partial charge in [0.2, 0.25) is 0 Å². The van der Waals surface area contributed by atoms with Crippen molar-refractivity contribution in [3.8, 4) is 0 Å². The lowest BCUT2D eigenvalue weighted by molar-refractivity contribution is 0.283. The fourth-order valence-corrected chi connectivity index (χ4v) is 1.85. The average molecular weight is 175 g/mol. The van der Waals surface area contributed by atoms with Crippen molar-refractivity contribution in [2.24, 2.45) is 7.05 Å². The van der Waals surface area contributed by atoms with Crippen molar-refractivity contribution in [1.29, 1.82) is 0 Å². The molecule has 0 aliphatic carbocycles. The molecule has 68 valence electrons. The second kappa shape index (κ2) is 2.89. The molecule has 2 aromatic rings. The Hall–Kier alpha value is -1.28. The van der Waals surface area contributed by atoms with E-state index in [2.05, 4.69) is 19.1 Å². The Morgan fingerprint density at radius 3 is 2.85 bits per heavy atom. The number of benzene rings is 1. The first-order valence-electron chi connectivity index (χ1n) is 4.38. The molecule has 2 nitrogen and oxygen atoms in total. The fourth-order valence-electron chi connectivity index (χ4n) is 1.85. The number of hydrogen-bond acceptors (Lipinski definition) is 1. The molecule has 2 heteroatoms. The van der Waals surface area contributed by atoms with Gasteiger partial charge in [-0.2, -0.15) is 0 Å². The van der Waals surface area contributed by atoms with Crippen LogP contribution in [0, 0.1) is 6.92 Å². The molecule has 1 aromatic heterocycles. The maximum absolute atomic E-state index is 9.16. The third kappa shape index (κ3) is 1.14. The largest absolute Gasteiger partial charge is 0.392 e. The molecular formula is C11H13NO. The number of hydrogen-bond donors (Lipinski definition) is 1. The van der Waals surface area contributed by atoms with Crippen LogP contribution in [0.2, 0.25) is 0 Å². The Morgan fingerprint density at radius 2 is 2.15 bits per heavy atom. The maximum Gasteiger partial charge on any atom is 0.0702 e. The van der Waals surface area contributed by atoms with Crippen molar-refractivity contribution in [2.75, 3.05) is 0 Å². The van der Waals surface area contributed by atoms with Crippen LogP contribution in [-0.2, 0) is 13.7 Å². The lowest BCUT2D eigenvalue weighted by atomic mass is 10.1. The van der Waals surface area contributed by atoms with Gasteiger partial charge in [-0.05, 0) is 18.6 Å². The Kier molecular flexibility index (Phi) is 1.85. The molecule has 0 amide bonds. The number of aliphatic hydroxyl groups is 1. The Labute approximate surface area is 77.4 Å². The summed E-state index contributed by atoms with van der Waals surface area (Å²) in [6.07, 6.45) is 1.98. The van der Waals surface area contributed by atoms with Crippen LogP contribution in [0.4, 0.5) is 0 Å². The second-order valence-corrected chi connectivity index (χ2v) is 3.39. The maximum atomic E-state index is 9.16. The van der Waals surface area contributed by atoms with Crippen molar-refractivity contribution in [2.45, 2.75) is 13.5 Å². The molecule has 1 heterocycles. The molecule has 0 radical (unpaired) electrons. The Balaban J connectivity index is 2.89. The van der Waals surface area contributed by atoms with Gasteiger partial charge in [0.1, 0.15) is 0 Å². The molecule has 0 saturated heterocycles. The summed E-state index contributed by atoms with van der Waals surface area (Å²) >= 11 is 0. The van der Waals surface area contributed by atoms with Gasteiger partial charge in [-0.15, -0.1) is 0 Å². The minimum absolute atomic E-state index is 0.113. The van der Waals surface area contributed by atoms with E-state index in [0.717, 1.165) is 5.56 Å². The fraction of sp³-hybridized carbons (Fsp3) is 0.273. The first-order valence-corrected chi connectivity index (χ1v) is 4.38. The summed E-state index contributed by atoms with van der Waals surface area (Å²) in [5.41, 5.74) is 3.42. The SMILES string of the molecule is Cc1cccc2c1c(CO)cn2C. The second-order valence-electron chi connectivity index (χ2n) is 3.39. The van der Waals surface area contributed by atoms with E-state index in [0.29, 0.717) is 0 Å². The standard InChI is InChI=1S/C11H13NO/c1-8-4-3-5-10-11(8)9(7-13)6-12(10)2/h3-6,13H,7H2,1-2H3. The van der Waals surface area contributed by atoms with Crippen LogP contribution >= 0.6 is 0 Å². The topological polar surface area (TPSA) is 25.2 Å². The van der Waals surface area contributed by atoms with Crippen LogP contribution in [0.25, 0.3) is 10.9 Å². The van der Waals surface area contributed by atoms with Crippen molar-refractivity contribution in [3.63, 3.8) is 0 Å². The minimum atomic E-state index is 0.113. The molecule has 0 fully saturated rings. The van der Waals surface area contributed by atoms with Gasteiger partial charge in [-0.1, -0.05) is 12.1 Å². The average Bonchev–Trinajstić information content (AvgIpc) is 2.45. The number of rotatable bonds is 1. The predicted octanol–water partition coefficient (Wildman–Crippen LogP) is 1.98. The molecule has 0 aliphatic heterocycles. The summed E-state index contributed by atoms with van der Waals surface area (Å²) < 4.78 is 2.05. The van der Waals surface area contributed by atoms with Gasteiger partial charge in [-0.3, -0.25) is 0 Å². The molecular weight excluding hydrogens is 162 g/mol. The predicted molar refractivity (Wildman–Crippen MR) is 53.6 cm³/mol. The normalized spacial score (nSPS) is 11.0. The minimum Gasteiger partial charge on any atom is -0.392 e. The molecule has 2 rings (SSSR count). The summed E-state index contributed by atoms with van der Waals surface area (Å²) in [4.78, 5) is 0. The van der Waals surface area contributed by atoms with Crippen LogP contribution < -0.4 is 0 Å². The molecule has 0 atom stereocenters. The summed E-state index contributed by atoms with van der Waals surface area (Å²) in [7, 11) is 2.00. The van der Waals surface area contributed by atoms with E-state index in [1.807, 2.05) is 23.9 Å². The van der Waals surface area contributed by atoms with Crippen LogP contribution in [0.15, 0.2) is 24.4 Å². The number of aliphatic hydroxyl groups excluding tert-OH is 1. The van der Waals surface area contributed by atoms with E-state index in [1.165, 1.54) is 16.5 Å². The van der Waals surface area contributed by atoms with Gasteiger partial charge in [-0.25, -0.2) is 0 Å². The smallest absolute Gasteiger partial charge is 0.0702 e. The van der Waals surface area contributed by atoms with E-state index < -0.39 is 0 Å². The van der Waals surface area contributed by atoms with Gasteiger partial charge in [0.05, 0.1) is 6.61 Å². The van der Waals surface area contributed by atoms with Crippen LogP contribution in [0.3, 0.4) is 0 Å². The molecule has 0 spiro atoms.